The zero-order chi connectivity index (χ0) is 12.5. The largest absolute Gasteiger partial charge is 0.480 e. The van der Waals surface area contributed by atoms with Crippen molar-refractivity contribution in [1.29, 1.82) is 0 Å². The van der Waals surface area contributed by atoms with Crippen molar-refractivity contribution < 1.29 is 9.90 Å². The highest BCUT2D eigenvalue weighted by molar-refractivity contribution is 7.21. The summed E-state index contributed by atoms with van der Waals surface area (Å²) in [6.07, 6.45) is 0.852. The third-order valence-corrected chi connectivity index (χ3v) is 5.02. The molecule has 0 aromatic carbocycles. The minimum absolute atomic E-state index is 0.117. The van der Waals surface area contributed by atoms with Crippen LogP contribution in [0.2, 0.25) is 0 Å². The minimum Gasteiger partial charge on any atom is -0.480 e. The van der Waals surface area contributed by atoms with Crippen molar-refractivity contribution in [1.82, 2.24) is 9.88 Å². The highest BCUT2D eigenvalue weighted by atomic mass is 32.1. The van der Waals surface area contributed by atoms with E-state index >= 15 is 0 Å². The molecule has 1 aliphatic rings. The molecule has 1 N–H and O–H groups in total. The quantitative estimate of drug-likeness (QED) is 0.937. The van der Waals surface area contributed by atoms with Crippen LogP contribution in [0.4, 0.5) is 0 Å². The van der Waals surface area contributed by atoms with Crippen LogP contribution in [0.3, 0.4) is 0 Å². The van der Waals surface area contributed by atoms with Crippen molar-refractivity contribution in [2.45, 2.75) is 13.0 Å². The van der Waals surface area contributed by atoms with E-state index < -0.39 is 5.97 Å². The van der Waals surface area contributed by atoms with Gasteiger partial charge in [-0.05, 0) is 11.4 Å². The Morgan fingerprint density at radius 3 is 3.17 bits per heavy atom. The minimum atomic E-state index is -0.763. The summed E-state index contributed by atoms with van der Waals surface area (Å²) in [5.41, 5.74) is 1.14. The Labute approximate surface area is 113 Å². The van der Waals surface area contributed by atoms with E-state index in [4.69, 9.17) is 5.11 Å². The first-order valence-corrected chi connectivity index (χ1v) is 7.38. The van der Waals surface area contributed by atoms with Crippen LogP contribution in [-0.4, -0.2) is 34.0 Å². The second kappa shape index (κ2) is 4.79. The van der Waals surface area contributed by atoms with Gasteiger partial charge >= 0.3 is 5.97 Å². The van der Waals surface area contributed by atoms with Gasteiger partial charge in [0.2, 0.25) is 0 Å². The van der Waals surface area contributed by atoms with Crippen LogP contribution in [0.25, 0.3) is 9.88 Å². The predicted octanol–water partition coefficient (Wildman–Crippen LogP) is 2.31. The van der Waals surface area contributed by atoms with Gasteiger partial charge < -0.3 is 5.11 Å². The fourth-order valence-corrected chi connectivity index (χ4v) is 4.03. The number of fused-ring (bicyclic) bond motifs is 1. The molecule has 3 heterocycles. The van der Waals surface area contributed by atoms with E-state index in [-0.39, 0.29) is 6.54 Å². The van der Waals surface area contributed by atoms with Gasteiger partial charge in [-0.25, -0.2) is 4.98 Å². The SMILES string of the molecule is O=C(O)CN1CCc2nc(-c3cccs3)sc2C1. The molecule has 0 saturated heterocycles. The van der Waals surface area contributed by atoms with Crippen LogP contribution in [0.15, 0.2) is 17.5 Å². The summed E-state index contributed by atoms with van der Waals surface area (Å²) >= 11 is 3.38. The van der Waals surface area contributed by atoms with Crippen molar-refractivity contribution in [3.05, 3.63) is 28.1 Å². The number of hydrogen-bond acceptors (Lipinski definition) is 5. The van der Waals surface area contributed by atoms with E-state index in [1.54, 1.807) is 22.7 Å². The lowest BCUT2D eigenvalue weighted by Gasteiger charge is -2.23. The molecule has 0 atom stereocenters. The number of nitrogens with zero attached hydrogens (tertiary/aromatic N) is 2. The van der Waals surface area contributed by atoms with Crippen LogP contribution in [-0.2, 0) is 17.8 Å². The Bertz CT molecular complexity index is 563. The molecule has 94 valence electrons. The van der Waals surface area contributed by atoms with E-state index in [0.717, 1.165) is 23.7 Å². The van der Waals surface area contributed by atoms with Crippen LogP contribution < -0.4 is 0 Å². The predicted molar refractivity (Wildman–Crippen MR) is 72.0 cm³/mol. The van der Waals surface area contributed by atoms with Gasteiger partial charge in [0.05, 0.1) is 17.1 Å². The van der Waals surface area contributed by atoms with Crippen molar-refractivity contribution >= 4 is 28.6 Å². The molecule has 2 aromatic heterocycles. The van der Waals surface area contributed by atoms with E-state index in [1.165, 1.54) is 9.75 Å². The van der Waals surface area contributed by atoms with Crippen LogP contribution in [0.1, 0.15) is 10.6 Å². The Morgan fingerprint density at radius 1 is 1.56 bits per heavy atom. The molecule has 0 fully saturated rings. The zero-order valence-electron chi connectivity index (χ0n) is 9.63. The molecule has 0 amide bonds. The maximum atomic E-state index is 10.7. The highest BCUT2D eigenvalue weighted by Crippen LogP contribution is 2.33. The zero-order valence-corrected chi connectivity index (χ0v) is 11.3. The second-order valence-electron chi connectivity index (χ2n) is 4.22. The average molecular weight is 280 g/mol. The Kier molecular flexibility index (Phi) is 3.15. The third kappa shape index (κ3) is 2.31. The van der Waals surface area contributed by atoms with Gasteiger partial charge in [-0.15, -0.1) is 22.7 Å². The summed E-state index contributed by atoms with van der Waals surface area (Å²) in [5.74, 6) is -0.763. The fourth-order valence-electron chi connectivity index (χ4n) is 2.08. The Morgan fingerprint density at radius 2 is 2.44 bits per heavy atom. The molecule has 0 radical (unpaired) electrons. The summed E-state index contributed by atoms with van der Waals surface area (Å²) < 4.78 is 0. The van der Waals surface area contributed by atoms with Gasteiger partial charge in [0.1, 0.15) is 5.01 Å². The van der Waals surface area contributed by atoms with E-state index in [1.807, 2.05) is 16.3 Å². The number of aromatic nitrogens is 1. The van der Waals surface area contributed by atoms with Crippen molar-refractivity contribution in [3.63, 3.8) is 0 Å². The molecule has 1 aliphatic heterocycles. The molecule has 0 bridgehead atoms. The molecule has 0 saturated carbocycles. The number of thiophene rings is 1. The second-order valence-corrected chi connectivity index (χ2v) is 6.25. The van der Waals surface area contributed by atoms with Gasteiger partial charge in [-0.3, -0.25) is 9.69 Å². The maximum absolute atomic E-state index is 10.7. The Balaban J connectivity index is 1.82. The summed E-state index contributed by atoms with van der Waals surface area (Å²) in [7, 11) is 0. The molecular weight excluding hydrogens is 268 g/mol. The van der Waals surface area contributed by atoms with Gasteiger partial charge in [0, 0.05) is 24.4 Å². The van der Waals surface area contributed by atoms with Gasteiger partial charge in [0.15, 0.2) is 0 Å². The first-order valence-electron chi connectivity index (χ1n) is 5.69. The Hall–Kier alpha value is -1.24. The van der Waals surface area contributed by atoms with Gasteiger partial charge in [-0.2, -0.15) is 0 Å². The summed E-state index contributed by atoms with van der Waals surface area (Å²) in [5, 5.41) is 11.9. The molecule has 4 nitrogen and oxygen atoms in total. The fraction of sp³-hybridized carbons (Fsp3) is 0.333. The molecule has 6 heteroatoms. The first kappa shape index (κ1) is 11.8. The van der Waals surface area contributed by atoms with Crippen molar-refractivity contribution in [3.8, 4) is 9.88 Å². The molecule has 0 spiro atoms. The summed E-state index contributed by atoms with van der Waals surface area (Å²) in [6.45, 7) is 1.61. The van der Waals surface area contributed by atoms with Crippen LogP contribution in [0, 0.1) is 0 Å². The summed E-state index contributed by atoms with van der Waals surface area (Å²) in [4.78, 5) is 19.7. The van der Waals surface area contributed by atoms with Crippen molar-refractivity contribution in [2.24, 2.45) is 0 Å². The monoisotopic (exact) mass is 280 g/mol. The lowest BCUT2D eigenvalue weighted by atomic mass is 10.2. The van der Waals surface area contributed by atoms with Crippen LogP contribution >= 0.6 is 22.7 Å². The highest BCUT2D eigenvalue weighted by Gasteiger charge is 2.22. The molecule has 3 rings (SSSR count). The average Bonchev–Trinajstić information content (AvgIpc) is 2.95. The first-order chi connectivity index (χ1) is 8.72. The van der Waals surface area contributed by atoms with E-state index in [2.05, 4.69) is 11.1 Å². The molecule has 0 unspecified atom stereocenters. The number of carboxylic acids is 1. The van der Waals surface area contributed by atoms with E-state index in [9.17, 15) is 4.79 Å². The summed E-state index contributed by atoms with van der Waals surface area (Å²) in [6, 6.07) is 4.10. The van der Waals surface area contributed by atoms with Gasteiger partial charge in [-0.1, -0.05) is 6.07 Å². The lowest BCUT2D eigenvalue weighted by Crippen LogP contribution is -2.34. The number of rotatable bonds is 3. The smallest absolute Gasteiger partial charge is 0.317 e. The molecule has 2 aromatic rings. The molecule has 0 aliphatic carbocycles. The molecule has 18 heavy (non-hydrogen) atoms. The molecular formula is C12H12N2O2S2. The van der Waals surface area contributed by atoms with Crippen molar-refractivity contribution in [2.75, 3.05) is 13.1 Å². The number of hydrogen-bond donors (Lipinski definition) is 1. The standard InChI is InChI=1S/C12H12N2O2S2/c15-11(16)7-14-4-3-8-10(6-14)18-12(13-8)9-2-1-5-17-9/h1-2,5H,3-4,6-7H2,(H,15,16). The lowest BCUT2D eigenvalue weighted by molar-refractivity contribution is -0.138. The normalized spacial score (nSPS) is 15.6. The topological polar surface area (TPSA) is 53.4 Å². The maximum Gasteiger partial charge on any atom is 0.317 e. The van der Waals surface area contributed by atoms with E-state index in [0.29, 0.717) is 6.54 Å². The number of carbonyl (C=O) groups is 1. The number of carboxylic acid groups (broad SMARTS) is 1. The third-order valence-electron chi connectivity index (χ3n) is 2.90. The number of aliphatic carboxylic acids is 1. The number of thiazole rings is 1. The van der Waals surface area contributed by atoms with Crippen LogP contribution in [0.5, 0.6) is 0 Å². The van der Waals surface area contributed by atoms with Gasteiger partial charge in [0.25, 0.3) is 0 Å².